The van der Waals surface area contributed by atoms with Crippen molar-refractivity contribution in [2.24, 2.45) is 5.73 Å². The van der Waals surface area contributed by atoms with Gasteiger partial charge in [0, 0.05) is 31.1 Å². The third kappa shape index (κ3) is 3.40. The number of hydrogen-bond acceptors (Lipinski definition) is 4. The molecule has 0 aliphatic rings. The molecule has 4 nitrogen and oxygen atoms in total. The molecule has 0 fully saturated rings. The lowest BCUT2D eigenvalue weighted by Crippen LogP contribution is -2.28. The van der Waals surface area contributed by atoms with E-state index in [1.165, 1.54) is 0 Å². The molecule has 1 heterocycles. The molecule has 0 radical (unpaired) electrons. The highest BCUT2D eigenvalue weighted by molar-refractivity contribution is 7.80. The summed E-state index contributed by atoms with van der Waals surface area (Å²) in [5.74, 6) is 0. The summed E-state index contributed by atoms with van der Waals surface area (Å²) in [4.78, 5) is 6.95. The number of rotatable bonds is 6. The summed E-state index contributed by atoms with van der Waals surface area (Å²) in [5, 5.41) is 8.96. The highest BCUT2D eigenvalue weighted by Gasteiger charge is 2.15. The molecule has 0 saturated heterocycles. The number of aryl methyl sites for hydroxylation is 2. The van der Waals surface area contributed by atoms with E-state index in [-0.39, 0.29) is 6.61 Å². The maximum atomic E-state index is 8.96. The van der Waals surface area contributed by atoms with E-state index in [0.29, 0.717) is 4.99 Å². The second-order valence-electron chi connectivity index (χ2n) is 4.26. The Bertz CT molecular complexity index is 434. The average Bonchev–Trinajstić information content (AvgIpc) is 2.28. The van der Waals surface area contributed by atoms with Gasteiger partial charge in [-0.3, -0.25) is 4.98 Å². The molecule has 0 aromatic carbocycles. The first-order valence-corrected chi connectivity index (χ1v) is 6.56. The van der Waals surface area contributed by atoms with E-state index in [0.717, 1.165) is 42.1 Å². The van der Waals surface area contributed by atoms with Crippen LogP contribution < -0.4 is 10.6 Å². The Balaban J connectivity index is 3.22. The normalized spacial score (nSPS) is 10.4. The molecular weight excluding hydrogens is 246 g/mol. The molecule has 5 heteroatoms. The number of nitrogens with two attached hydrogens (primary N) is 1. The highest BCUT2D eigenvalue weighted by Crippen LogP contribution is 2.24. The molecule has 100 valence electrons. The summed E-state index contributed by atoms with van der Waals surface area (Å²) >= 11 is 5.12. The van der Waals surface area contributed by atoms with Crippen LogP contribution in [-0.4, -0.2) is 34.8 Å². The van der Waals surface area contributed by atoms with E-state index in [4.69, 9.17) is 23.1 Å². The summed E-state index contributed by atoms with van der Waals surface area (Å²) in [5.41, 5.74) is 9.47. The van der Waals surface area contributed by atoms with Gasteiger partial charge in [0.2, 0.25) is 0 Å². The van der Waals surface area contributed by atoms with Crippen molar-refractivity contribution in [2.45, 2.75) is 27.2 Å². The maximum absolute atomic E-state index is 8.96. The van der Waals surface area contributed by atoms with Crippen molar-refractivity contribution < 1.29 is 5.11 Å². The quantitative estimate of drug-likeness (QED) is 0.766. The molecule has 0 aliphatic heterocycles. The largest absolute Gasteiger partial charge is 0.396 e. The van der Waals surface area contributed by atoms with E-state index < -0.39 is 0 Å². The fourth-order valence-corrected chi connectivity index (χ4v) is 2.32. The number of aliphatic hydroxyl groups excluding tert-OH is 1. The predicted octanol–water partition coefficient (Wildman–Crippen LogP) is 1.54. The van der Waals surface area contributed by atoms with Crippen LogP contribution in [0.25, 0.3) is 0 Å². The van der Waals surface area contributed by atoms with Crippen molar-refractivity contribution in [1.29, 1.82) is 0 Å². The summed E-state index contributed by atoms with van der Waals surface area (Å²) in [6.45, 7) is 7.77. The second-order valence-corrected chi connectivity index (χ2v) is 4.70. The highest BCUT2D eigenvalue weighted by atomic mass is 32.1. The predicted molar refractivity (Wildman–Crippen MR) is 79.2 cm³/mol. The molecule has 3 N–H and O–H groups in total. The molecule has 0 saturated carbocycles. The first kappa shape index (κ1) is 14.9. The van der Waals surface area contributed by atoms with Crippen LogP contribution in [0.5, 0.6) is 0 Å². The first-order valence-electron chi connectivity index (χ1n) is 6.15. The third-order valence-electron chi connectivity index (χ3n) is 2.86. The molecule has 0 spiro atoms. The summed E-state index contributed by atoms with van der Waals surface area (Å²) in [6.07, 6.45) is 0.727. The Morgan fingerprint density at radius 2 is 2.17 bits per heavy atom. The van der Waals surface area contributed by atoms with Crippen LogP contribution in [-0.2, 0) is 0 Å². The Morgan fingerprint density at radius 1 is 1.50 bits per heavy atom. The first-order chi connectivity index (χ1) is 8.51. The van der Waals surface area contributed by atoms with Crippen molar-refractivity contribution in [2.75, 3.05) is 24.6 Å². The monoisotopic (exact) mass is 267 g/mol. The topological polar surface area (TPSA) is 62.4 Å². The van der Waals surface area contributed by atoms with Crippen LogP contribution in [0.4, 0.5) is 5.69 Å². The minimum Gasteiger partial charge on any atom is -0.396 e. The number of nitrogens with zero attached hydrogens (tertiary/aromatic N) is 2. The third-order valence-corrected chi connectivity index (χ3v) is 3.07. The number of aliphatic hydroxyl groups is 1. The van der Waals surface area contributed by atoms with E-state index in [1.54, 1.807) is 0 Å². The summed E-state index contributed by atoms with van der Waals surface area (Å²) in [6, 6.07) is 2.00. The van der Waals surface area contributed by atoms with E-state index in [9.17, 15) is 0 Å². The van der Waals surface area contributed by atoms with Crippen LogP contribution in [0, 0.1) is 13.8 Å². The van der Waals surface area contributed by atoms with Crippen LogP contribution in [0.1, 0.15) is 30.3 Å². The van der Waals surface area contributed by atoms with Gasteiger partial charge in [0.25, 0.3) is 0 Å². The van der Waals surface area contributed by atoms with Crippen LogP contribution in [0.2, 0.25) is 0 Å². The SMILES string of the molecule is CCN(CCCO)c1cc(C)nc(C)c1C(N)=S. The molecule has 0 unspecified atom stereocenters. The zero-order valence-electron chi connectivity index (χ0n) is 11.2. The van der Waals surface area contributed by atoms with Crippen LogP contribution in [0.3, 0.4) is 0 Å². The van der Waals surface area contributed by atoms with Crippen molar-refractivity contribution in [3.8, 4) is 0 Å². The summed E-state index contributed by atoms with van der Waals surface area (Å²) in [7, 11) is 0. The Kier molecular flexibility index (Phi) is 5.50. The van der Waals surface area contributed by atoms with Gasteiger partial charge in [-0.1, -0.05) is 12.2 Å². The number of anilines is 1. The smallest absolute Gasteiger partial charge is 0.107 e. The van der Waals surface area contributed by atoms with Gasteiger partial charge in [0.05, 0.1) is 11.3 Å². The molecule has 18 heavy (non-hydrogen) atoms. The minimum absolute atomic E-state index is 0.182. The molecule has 1 aromatic heterocycles. The standard InChI is InChI=1S/C13H21N3OS/c1-4-16(6-5-7-17)11-8-9(2)15-10(3)12(11)13(14)18/h8,17H,4-7H2,1-3H3,(H2,14,18). The fraction of sp³-hybridized carbons (Fsp3) is 0.538. The van der Waals surface area contributed by atoms with E-state index >= 15 is 0 Å². The van der Waals surface area contributed by atoms with Crippen LogP contribution in [0.15, 0.2) is 6.07 Å². The van der Waals surface area contributed by atoms with Crippen molar-refractivity contribution in [3.05, 3.63) is 23.0 Å². The molecular formula is C13H21N3OS. The second kappa shape index (κ2) is 6.66. The summed E-state index contributed by atoms with van der Waals surface area (Å²) < 4.78 is 0. The molecule has 0 bridgehead atoms. The molecule has 0 amide bonds. The van der Waals surface area contributed by atoms with Gasteiger partial charge >= 0.3 is 0 Å². The molecule has 1 aromatic rings. The maximum Gasteiger partial charge on any atom is 0.107 e. The van der Waals surface area contributed by atoms with Gasteiger partial charge in [-0.2, -0.15) is 0 Å². The molecule has 1 rings (SSSR count). The van der Waals surface area contributed by atoms with Gasteiger partial charge in [-0.05, 0) is 33.3 Å². The Labute approximate surface area is 114 Å². The number of thiocarbonyl (C=S) groups is 1. The fourth-order valence-electron chi connectivity index (χ4n) is 2.07. The van der Waals surface area contributed by atoms with Gasteiger partial charge in [0.15, 0.2) is 0 Å². The van der Waals surface area contributed by atoms with Gasteiger partial charge < -0.3 is 15.7 Å². The minimum atomic E-state index is 0.182. The van der Waals surface area contributed by atoms with E-state index in [2.05, 4.69) is 16.8 Å². The number of hydrogen-bond donors (Lipinski definition) is 2. The van der Waals surface area contributed by atoms with Gasteiger partial charge in [0.1, 0.15) is 4.99 Å². The molecule has 0 atom stereocenters. The lowest BCUT2D eigenvalue weighted by atomic mass is 10.1. The van der Waals surface area contributed by atoms with Gasteiger partial charge in [-0.15, -0.1) is 0 Å². The number of pyridine rings is 1. The van der Waals surface area contributed by atoms with Crippen molar-refractivity contribution >= 4 is 22.9 Å². The number of aromatic nitrogens is 1. The average molecular weight is 267 g/mol. The van der Waals surface area contributed by atoms with E-state index in [1.807, 2.05) is 19.9 Å². The van der Waals surface area contributed by atoms with Crippen molar-refractivity contribution in [3.63, 3.8) is 0 Å². The van der Waals surface area contributed by atoms with Crippen molar-refractivity contribution in [1.82, 2.24) is 4.98 Å². The van der Waals surface area contributed by atoms with Crippen LogP contribution >= 0.6 is 12.2 Å². The zero-order chi connectivity index (χ0) is 13.7. The lowest BCUT2D eigenvalue weighted by Gasteiger charge is -2.26. The molecule has 0 aliphatic carbocycles. The lowest BCUT2D eigenvalue weighted by molar-refractivity contribution is 0.289. The Hall–Kier alpha value is -1.20. The van der Waals surface area contributed by atoms with Gasteiger partial charge in [-0.25, -0.2) is 0 Å². The zero-order valence-corrected chi connectivity index (χ0v) is 12.0. The Morgan fingerprint density at radius 3 is 2.67 bits per heavy atom.